The molecule has 114 valence electrons. The Labute approximate surface area is 130 Å². The molecule has 1 aliphatic heterocycles. The van der Waals surface area contributed by atoms with Crippen LogP contribution in [0.3, 0.4) is 0 Å². The summed E-state index contributed by atoms with van der Waals surface area (Å²) < 4.78 is 0. The molecule has 1 aromatic carbocycles. The molecule has 0 bridgehead atoms. The molecule has 1 atom stereocenters. The molecule has 1 aromatic rings. The number of amides is 2. The maximum Gasteiger partial charge on any atom is 0.243 e. The summed E-state index contributed by atoms with van der Waals surface area (Å²) in [6.45, 7) is 2.80. The maximum atomic E-state index is 12.3. The number of rotatable bonds is 6. The first kappa shape index (κ1) is 15.8. The largest absolute Gasteiger partial charge is 0.354 e. The molecule has 0 aromatic heterocycles. The number of carbonyl (C=O) groups is 2. The van der Waals surface area contributed by atoms with Gasteiger partial charge in [-0.1, -0.05) is 31.4 Å². The van der Waals surface area contributed by atoms with Gasteiger partial charge in [0.2, 0.25) is 11.8 Å². The molecular weight excluding hydrogens is 288 g/mol. The second kappa shape index (κ2) is 7.46. The third-order valence-corrected chi connectivity index (χ3v) is 3.95. The average Bonchev–Trinajstić information content (AvgIpc) is 2.86. The Bertz CT molecular complexity index is 502. The first-order valence-corrected chi connectivity index (χ1v) is 7.86. The molecule has 1 fully saturated rings. The number of anilines is 1. The van der Waals surface area contributed by atoms with Crippen LogP contribution >= 0.6 is 11.6 Å². The normalized spacial score (nSPS) is 18.1. The Morgan fingerprint density at radius 1 is 1.33 bits per heavy atom. The first-order valence-electron chi connectivity index (χ1n) is 7.49. The van der Waals surface area contributed by atoms with E-state index < -0.39 is 6.04 Å². The van der Waals surface area contributed by atoms with Gasteiger partial charge in [0.1, 0.15) is 6.04 Å². The number of nitrogens with zero attached hydrogens (tertiary/aromatic N) is 1. The minimum absolute atomic E-state index is 0.00830. The fraction of sp³-hybridized carbons (Fsp3) is 0.500. The Kier molecular flexibility index (Phi) is 5.62. The minimum Gasteiger partial charge on any atom is -0.354 e. The van der Waals surface area contributed by atoms with Gasteiger partial charge in [-0.15, -0.1) is 0 Å². The SMILES string of the molecule is CCCCCNC(=O)C1CCC(=O)N1c1ccc(Cl)cc1. The van der Waals surface area contributed by atoms with Gasteiger partial charge in [-0.2, -0.15) is 0 Å². The van der Waals surface area contributed by atoms with Crippen molar-refractivity contribution in [2.45, 2.75) is 45.1 Å². The van der Waals surface area contributed by atoms with Crippen LogP contribution in [0.15, 0.2) is 24.3 Å². The molecule has 1 heterocycles. The van der Waals surface area contributed by atoms with E-state index in [-0.39, 0.29) is 11.8 Å². The van der Waals surface area contributed by atoms with Crippen molar-refractivity contribution in [1.29, 1.82) is 0 Å². The van der Waals surface area contributed by atoms with Crippen LogP contribution in [0.1, 0.15) is 39.0 Å². The van der Waals surface area contributed by atoms with Crippen molar-refractivity contribution >= 4 is 29.1 Å². The number of carbonyl (C=O) groups excluding carboxylic acids is 2. The van der Waals surface area contributed by atoms with Gasteiger partial charge < -0.3 is 5.32 Å². The Balaban J connectivity index is 2.02. The van der Waals surface area contributed by atoms with E-state index in [4.69, 9.17) is 11.6 Å². The molecule has 4 nitrogen and oxygen atoms in total. The predicted octanol–water partition coefficient (Wildman–Crippen LogP) is 3.14. The number of unbranched alkanes of at least 4 members (excludes halogenated alkanes) is 2. The lowest BCUT2D eigenvalue weighted by Gasteiger charge is -2.24. The van der Waals surface area contributed by atoms with Crippen LogP contribution in [0.5, 0.6) is 0 Å². The third kappa shape index (κ3) is 3.97. The van der Waals surface area contributed by atoms with Crippen molar-refractivity contribution in [2.24, 2.45) is 0 Å². The summed E-state index contributed by atoms with van der Waals surface area (Å²) in [6.07, 6.45) is 4.18. The summed E-state index contributed by atoms with van der Waals surface area (Å²) in [5, 5.41) is 3.55. The van der Waals surface area contributed by atoms with Crippen LogP contribution in [-0.2, 0) is 9.59 Å². The molecule has 1 N–H and O–H groups in total. The van der Waals surface area contributed by atoms with Crippen LogP contribution in [0, 0.1) is 0 Å². The van der Waals surface area contributed by atoms with Gasteiger partial charge >= 0.3 is 0 Å². The highest BCUT2D eigenvalue weighted by molar-refractivity contribution is 6.30. The monoisotopic (exact) mass is 308 g/mol. The standard InChI is InChI=1S/C16H21ClN2O2/c1-2-3-4-11-18-16(21)14-9-10-15(20)19(14)13-7-5-12(17)6-8-13/h5-8,14H,2-4,9-11H2,1H3,(H,18,21). The third-order valence-electron chi connectivity index (χ3n) is 3.70. The smallest absolute Gasteiger partial charge is 0.243 e. The summed E-state index contributed by atoms with van der Waals surface area (Å²) in [5.41, 5.74) is 0.732. The van der Waals surface area contributed by atoms with Gasteiger partial charge in [-0.05, 0) is 37.1 Å². The highest BCUT2D eigenvalue weighted by Gasteiger charge is 2.36. The number of nitrogens with one attached hydrogen (secondary N) is 1. The summed E-state index contributed by atoms with van der Waals surface area (Å²) in [6, 6.07) is 6.63. The van der Waals surface area contributed by atoms with Gasteiger partial charge in [0.25, 0.3) is 0 Å². The van der Waals surface area contributed by atoms with Gasteiger partial charge in [-0.3, -0.25) is 14.5 Å². The van der Waals surface area contributed by atoms with Crippen LogP contribution < -0.4 is 10.2 Å². The van der Waals surface area contributed by atoms with Gasteiger partial charge in [-0.25, -0.2) is 0 Å². The fourth-order valence-electron chi connectivity index (χ4n) is 2.56. The molecule has 0 spiro atoms. The lowest BCUT2D eigenvalue weighted by molar-refractivity contribution is -0.123. The topological polar surface area (TPSA) is 49.4 Å². The zero-order valence-electron chi connectivity index (χ0n) is 12.3. The molecule has 21 heavy (non-hydrogen) atoms. The van der Waals surface area contributed by atoms with E-state index in [2.05, 4.69) is 12.2 Å². The fourth-order valence-corrected chi connectivity index (χ4v) is 2.69. The maximum absolute atomic E-state index is 12.3. The zero-order valence-corrected chi connectivity index (χ0v) is 13.0. The van der Waals surface area contributed by atoms with Crippen LogP contribution in [0.25, 0.3) is 0 Å². The summed E-state index contributed by atoms with van der Waals surface area (Å²) in [5.74, 6) is -0.0714. The minimum atomic E-state index is -0.402. The second-order valence-corrected chi connectivity index (χ2v) is 5.73. The lowest BCUT2D eigenvalue weighted by atomic mass is 10.2. The van der Waals surface area contributed by atoms with E-state index in [1.807, 2.05) is 0 Å². The quantitative estimate of drug-likeness (QED) is 0.821. The lowest BCUT2D eigenvalue weighted by Crippen LogP contribution is -2.45. The Morgan fingerprint density at radius 2 is 2.05 bits per heavy atom. The van der Waals surface area contributed by atoms with Crippen molar-refractivity contribution in [3.8, 4) is 0 Å². The van der Waals surface area contributed by atoms with Crippen LogP contribution in [0.2, 0.25) is 5.02 Å². The Morgan fingerprint density at radius 3 is 2.71 bits per heavy atom. The van der Waals surface area contributed by atoms with Crippen molar-refractivity contribution in [3.63, 3.8) is 0 Å². The highest BCUT2D eigenvalue weighted by Crippen LogP contribution is 2.27. The summed E-state index contributed by atoms with van der Waals surface area (Å²) in [4.78, 5) is 25.9. The first-order chi connectivity index (χ1) is 10.1. The summed E-state index contributed by atoms with van der Waals surface area (Å²) >= 11 is 5.87. The van der Waals surface area contributed by atoms with Crippen LogP contribution in [-0.4, -0.2) is 24.4 Å². The molecule has 1 aliphatic rings. The van der Waals surface area contributed by atoms with E-state index in [0.717, 1.165) is 24.9 Å². The van der Waals surface area contributed by atoms with Gasteiger partial charge in [0.15, 0.2) is 0 Å². The van der Waals surface area contributed by atoms with Crippen molar-refractivity contribution in [3.05, 3.63) is 29.3 Å². The van der Waals surface area contributed by atoms with Crippen LogP contribution in [0.4, 0.5) is 5.69 Å². The van der Waals surface area contributed by atoms with Gasteiger partial charge in [0, 0.05) is 23.7 Å². The van der Waals surface area contributed by atoms with E-state index in [9.17, 15) is 9.59 Å². The number of halogens is 1. The van der Waals surface area contributed by atoms with Crippen molar-refractivity contribution in [1.82, 2.24) is 5.32 Å². The Hall–Kier alpha value is -1.55. The molecule has 0 aliphatic carbocycles. The molecular formula is C16H21ClN2O2. The number of hydrogen-bond donors (Lipinski definition) is 1. The van der Waals surface area contributed by atoms with E-state index in [0.29, 0.717) is 24.4 Å². The number of benzene rings is 1. The molecule has 0 saturated carbocycles. The predicted molar refractivity (Wildman–Crippen MR) is 84.5 cm³/mol. The van der Waals surface area contributed by atoms with E-state index >= 15 is 0 Å². The number of hydrogen-bond acceptors (Lipinski definition) is 2. The molecule has 0 radical (unpaired) electrons. The highest BCUT2D eigenvalue weighted by atomic mass is 35.5. The molecule has 1 unspecified atom stereocenters. The van der Waals surface area contributed by atoms with E-state index in [1.165, 1.54) is 0 Å². The average molecular weight is 309 g/mol. The molecule has 5 heteroatoms. The molecule has 2 amide bonds. The van der Waals surface area contributed by atoms with Crippen molar-refractivity contribution in [2.75, 3.05) is 11.4 Å². The summed E-state index contributed by atoms with van der Waals surface area (Å²) in [7, 11) is 0. The van der Waals surface area contributed by atoms with E-state index in [1.54, 1.807) is 29.2 Å². The van der Waals surface area contributed by atoms with Gasteiger partial charge in [0.05, 0.1) is 0 Å². The second-order valence-electron chi connectivity index (χ2n) is 5.29. The molecule has 2 rings (SSSR count). The molecule has 1 saturated heterocycles. The van der Waals surface area contributed by atoms with Crippen molar-refractivity contribution < 1.29 is 9.59 Å². The zero-order chi connectivity index (χ0) is 15.2.